The summed E-state index contributed by atoms with van der Waals surface area (Å²) in [6.45, 7) is 3.91. The molecule has 0 unspecified atom stereocenters. The predicted octanol–water partition coefficient (Wildman–Crippen LogP) is 1.39. The number of esters is 1. The quantitative estimate of drug-likeness (QED) is 0.662. The van der Waals surface area contributed by atoms with Crippen LogP contribution in [0.1, 0.15) is 38.2 Å². The molecule has 2 aromatic heterocycles. The van der Waals surface area contributed by atoms with E-state index in [1.54, 1.807) is 31.9 Å². The summed E-state index contributed by atoms with van der Waals surface area (Å²) in [6.07, 6.45) is 1.45. The summed E-state index contributed by atoms with van der Waals surface area (Å²) in [5.41, 5.74) is 6.58. The highest BCUT2D eigenvalue weighted by molar-refractivity contribution is 7.18. The Morgan fingerprint density at radius 1 is 1.42 bits per heavy atom. The molecular weight excluding hydrogens is 360 g/mol. The van der Waals surface area contributed by atoms with Crippen molar-refractivity contribution >= 4 is 34.1 Å². The van der Waals surface area contributed by atoms with E-state index in [9.17, 15) is 14.4 Å². The zero-order valence-corrected chi connectivity index (χ0v) is 15.5. The molecule has 9 nitrogen and oxygen atoms in total. The average molecular weight is 380 g/mol. The van der Waals surface area contributed by atoms with Gasteiger partial charge in [0.05, 0.1) is 29.3 Å². The topological polar surface area (TPSA) is 128 Å². The van der Waals surface area contributed by atoms with E-state index in [-0.39, 0.29) is 34.5 Å². The van der Waals surface area contributed by atoms with Crippen LogP contribution in [0.4, 0.5) is 5.00 Å². The first-order valence-corrected chi connectivity index (χ1v) is 8.63. The molecule has 2 amide bonds. The molecule has 10 heteroatoms. The smallest absolute Gasteiger partial charge is 0.341 e. The van der Waals surface area contributed by atoms with Crippen LogP contribution < -0.4 is 11.1 Å². The van der Waals surface area contributed by atoms with Crippen LogP contribution in [0.2, 0.25) is 0 Å². The molecule has 0 aliphatic heterocycles. The zero-order valence-electron chi connectivity index (χ0n) is 14.7. The molecule has 0 fully saturated rings. The molecule has 3 N–H and O–H groups in total. The Morgan fingerprint density at radius 3 is 2.73 bits per heavy atom. The third-order valence-electron chi connectivity index (χ3n) is 3.44. The fourth-order valence-corrected chi connectivity index (χ4v) is 3.41. The Kier molecular flexibility index (Phi) is 6.47. The van der Waals surface area contributed by atoms with E-state index in [2.05, 4.69) is 10.5 Å². The van der Waals surface area contributed by atoms with Gasteiger partial charge in [0.2, 0.25) is 5.91 Å². The number of amides is 2. The van der Waals surface area contributed by atoms with Crippen LogP contribution in [0.3, 0.4) is 0 Å². The fraction of sp³-hybridized carbons (Fsp3) is 0.375. The Bertz CT molecular complexity index is 800. The first-order valence-electron chi connectivity index (χ1n) is 7.81. The summed E-state index contributed by atoms with van der Waals surface area (Å²) in [7, 11) is 1.75. The molecule has 0 atom stereocenters. The zero-order chi connectivity index (χ0) is 19.3. The van der Waals surface area contributed by atoms with Gasteiger partial charge in [0.15, 0.2) is 0 Å². The van der Waals surface area contributed by atoms with E-state index in [4.69, 9.17) is 15.0 Å². The number of likely N-dealkylation sites (N-methyl/N-ethyl adjacent to an activating group) is 1. The van der Waals surface area contributed by atoms with Crippen molar-refractivity contribution in [1.29, 1.82) is 0 Å². The molecule has 0 saturated carbocycles. The Morgan fingerprint density at radius 2 is 2.15 bits per heavy atom. The van der Waals surface area contributed by atoms with Crippen molar-refractivity contribution < 1.29 is 23.6 Å². The maximum Gasteiger partial charge on any atom is 0.341 e. The molecule has 140 valence electrons. The molecule has 0 radical (unpaired) electrons. The Balaban J connectivity index is 2.13. The van der Waals surface area contributed by atoms with E-state index in [1.165, 1.54) is 6.26 Å². The summed E-state index contributed by atoms with van der Waals surface area (Å²) in [5.74, 6) is -1.62. The highest BCUT2D eigenvalue weighted by atomic mass is 32.1. The molecule has 0 saturated heterocycles. The second-order valence-electron chi connectivity index (χ2n) is 5.56. The van der Waals surface area contributed by atoms with Crippen molar-refractivity contribution in [3.05, 3.63) is 34.0 Å². The number of hydrogen-bond acceptors (Lipinski definition) is 8. The number of anilines is 1. The molecule has 26 heavy (non-hydrogen) atoms. The van der Waals surface area contributed by atoms with Crippen molar-refractivity contribution in [3.63, 3.8) is 0 Å². The van der Waals surface area contributed by atoms with Gasteiger partial charge in [-0.1, -0.05) is 5.16 Å². The average Bonchev–Trinajstić information content (AvgIpc) is 3.15. The summed E-state index contributed by atoms with van der Waals surface area (Å²) in [5, 5.41) is 6.69. The van der Waals surface area contributed by atoms with Gasteiger partial charge in [-0.05, 0) is 26.5 Å². The number of nitrogens with one attached hydrogen (secondary N) is 1. The molecule has 0 aromatic carbocycles. The second kappa shape index (κ2) is 8.59. The van der Waals surface area contributed by atoms with Crippen LogP contribution in [0.15, 0.2) is 16.9 Å². The SMILES string of the molecule is CCOC(=O)c1c(NC(=O)CN(C)Cc2ccon2)sc(C(N)=O)c1C. The highest BCUT2D eigenvalue weighted by Gasteiger charge is 2.25. The van der Waals surface area contributed by atoms with Gasteiger partial charge in [-0.2, -0.15) is 0 Å². The van der Waals surface area contributed by atoms with Gasteiger partial charge < -0.3 is 20.3 Å². The lowest BCUT2D eigenvalue weighted by atomic mass is 10.1. The van der Waals surface area contributed by atoms with Crippen LogP contribution in [0.5, 0.6) is 0 Å². The number of thiophene rings is 1. The lowest BCUT2D eigenvalue weighted by Gasteiger charge is -2.14. The number of ether oxygens (including phenoxy) is 1. The first kappa shape index (κ1) is 19.6. The number of carbonyl (C=O) groups is 3. The van der Waals surface area contributed by atoms with Crippen molar-refractivity contribution in [2.24, 2.45) is 5.73 Å². The van der Waals surface area contributed by atoms with Crippen molar-refractivity contribution in [2.75, 3.05) is 25.5 Å². The third-order valence-corrected chi connectivity index (χ3v) is 4.66. The van der Waals surface area contributed by atoms with Crippen molar-refractivity contribution in [3.8, 4) is 0 Å². The minimum atomic E-state index is -0.665. The number of carbonyl (C=O) groups excluding carboxylic acids is 3. The Hall–Kier alpha value is -2.72. The minimum Gasteiger partial charge on any atom is -0.462 e. The summed E-state index contributed by atoms with van der Waals surface area (Å²) in [4.78, 5) is 38.0. The number of aromatic nitrogens is 1. The largest absolute Gasteiger partial charge is 0.462 e. The molecule has 0 aliphatic rings. The van der Waals surface area contributed by atoms with E-state index in [1.807, 2.05) is 0 Å². The molecule has 0 bridgehead atoms. The van der Waals surface area contributed by atoms with E-state index in [0.29, 0.717) is 17.8 Å². The van der Waals surface area contributed by atoms with Gasteiger partial charge >= 0.3 is 5.97 Å². The monoisotopic (exact) mass is 380 g/mol. The number of primary amides is 1. The number of nitrogens with two attached hydrogens (primary N) is 1. The number of rotatable bonds is 8. The number of nitrogens with zero attached hydrogens (tertiary/aromatic N) is 2. The highest BCUT2D eigenvalue weighted by Crippen LogP contribution is 2.33. The van der Waals surface area contributed by atoms with E-state index < -0.39 is 11.9 Å². The lowest BCUT2D eigenvalue weighted by Crippen LogP contribution is -2.30. The molecule has 2 aromatic rings. The van der Waals surface area contributed by atoms with Gasteiger partial charge in [0, 0.05) is 12.6 Å². The van der Waals surface area contributed by atoms with Crippen molar-refractivity contribution in [2.45, 2.75) is 20.4 Å². The van der Waals surface area contributed by atoms with E-state index >= 15 is 0 Å². The fourth-order valence-electron chi connectivity index (χ4n) is 2.35. The molecule has 0 spiro atoms. The van der Waals surface area contributed by atoms with Crippen LogP contribution in [0.25, 0.3) is 0 Å². The first-order chi connectivity index (χ1) is 12.3. The predicted molar refractivity (Wildman–Crippen MR) is 95.0 cm³/mol. The standard InChI is InChI=1S/C16H20N4O5S/c1-4-24-16(23)12-9(2)13(14(17)22)26-15(12)18-11(21)8-20(3)7-10-5-6-25-19-10/h5-6H,4,7-8H2,1-3H3,(H2,17,22)(H,18,21). The van der Waals surface area contributed by atoms with Gasteiger partial charge in [-0.3, -0.25) is 14.5 Å². The molecule has 0 aliphatic carbocycles. The van der Waals surface area contributed by atoms with Gasteiger partial charge in [-0.25, -0.2) is 4.79 Å². The minimum absolute atomic E-state index is 0.0535. The maximum absolute atomic E-state index is 12.3. The van der Waals surface area contributed by atoms with Gasteiger partial charge in [0.25, 0.3) is 5.91 Å². The number of hydrogen-bond donors (Lipinski definition) is 2. The molecular formula is C16H20N4O5S. The summed E-state index contributed by atoms with van der Waals surface area (Å²) in [6, 6.07) is 1.70. The normalized spacial score (nSPS) is 10.8. The van der Waals surface area contributed by atoms with Crippen molar-refractivity contribution in [1.82, 2.24) is 10.1 Å². The van der Waals surface area contributed by atoms with Gasteiger partial charge in [-0.15, -0.1) is 11.3 Å². The second-order valence-corrected chi connectivity index (χ2v) is 6.58. The lowest BCUT2D eigenvalue weighted by molar-refractivity contribution is -0.117. The summed E-state index contributed by atoms with van der Waals surface area (Å²) < 4.78 is 9.76. The van der Waals surface area contributed by atoms with Crippen LogP contribution >= 0.6 is 11.3 Å². The Labute approximate surface area is 154 Å². The maximum atomic E-state index is 12.3. The molecule has 2 heterocycles. The molecule has 2 rings (SSSR count). The van der Waals surface area contributed by atoms with Crippen LogP contribution in [-0.2, 0) is 16.1 Å². The summed E-state index contributed by atoms with van der Waals surface area (Å²) >= 11 is 0.956. The van der Waals surface area contributed by atoms with Crippen LogP contribution in [0, 0.1) is 6.92 Å². The third kappa shape index (κ3) is 4.67. The van der Waals surface area contributed by atoms with Crippen LogP contribution in [-0.4, -0.2) is 48.0 Å². The van der Waals surface area contributed by atoms with E-state index in [0.717, 1.165) is 11.3 Å². The van der Waals surface area contributed by atoms with Gasteiger partial charge in [0.1, 0.15) is 11.3 Å².